The highest BCUT2D eigenvalue weighted by atomic mass is 35.5. The van der Waals surface area contributed by atoms with E-state index in [1.807, 2.05) is 31.2 Å². The summed E-state index contributed by atoms with van der Waals surface area (Å²) in [7, 11) is 0. The van der Waals surface area contributed by atoms with Gasteiger partial charge in [0.15, 0.2) is 0 Å². The van der Waals surface area contributed by atoms with Crippen molar-refractivity contribution in [2.75, 3.05) is 0 Å². The van der Waals surface area contributed by atoms with Gasteiger partial charge in [-0.15, -0.1) is 0 Å². The quantitative estimate of drug-likeness (QED) is 0.884. The minimum atomic E-state index is -0.0203. The van der Waals surface area contributed by atoms with Crippen LogP contribution >= 0.6 is 11.6 Å². The number of hydrogen-bond acceptors (Lipinski definition) is 2. The maximum atomic E-state index is 12.1. The molecule has 0 aliphatic heterocycles. The van der Waals surface area contributed by atoms with E-state index in [0.717, 1.165) is 24.8 Å². The highest BCUT2D eigenvalue weighted by molar-refractivity contribution is 6.30. The molecule has 4 heteroatoms. The van der Waals surface area contributed by atoms with E-state index in [9.17, 15) is 4.79 Å². The lowest BCUT2D eigenvalue weighted by atomic mass is 10.0. The molecule has 0 spiro atoms. The first kappa shape index (κ1) is 13.4. The fraction of sp³-hybridized carbons (Fsp3) is 0.500. The topological polar surface area (TPSA) is 55.1 Å². The van der Waals surface area contributed by atoms with Crippen molar-refractivity contribution in [1.82, 2.24) is 5.32 Å². The van der Waals surface area contributed by atoms with Gasteiger partial charge in [0.05, 0.1) is 6.04 Å². The van der Waals surface area contributed by atoms with Crippen LogP contribution in [0.25, 0.3) is 0 Å². The third kappa shape index (κ3) is 3.24. The molecule has 1 aliphatic rings. The highest BCUT2D eigenvalue weighted by Gasteiger charge is 2.28. The summed E-state index contributed by atoms with van der Waals surface area (Å²) in [5.74, 6) is 0.178. The molecule has 3 atom stereocenters. The van der Waals surface area contributed by atoms with Crippen LogP contribution in [0.4, 0.5) is 0 Å². The molecule has 1 aliphatic carbocycles. The summed E-state index contributed by atoms with van der Waals surface area (Å²) in [6.45, 7) is 1.97. The number of carbonyl (C=O) groups is 1. The van der Waals surface area contributed by atoms with Crippen LogP contribution in [0.3, 0.4) is 0 Å². The molecule has 1 aromatic rings. The number of halogens is 1. The molecule has 2 rings (SSSR count). The molecule has 3 N–H and O–H groups in total. The molecule has 1 aromatic carbocycles. The van der Waals surface area contributed by atoms with Gasteiger partial charge in [0.2, 0.25) is 5.91 Å². The van der Waals surface area contributed by atoms with Crippen LogP contribution in [0.5, 0.6) is 0 Å². The Kier molecular flexibility index (Phi) is 4.25. The number of nitrogens with two attached hydrogens (primary N) is 1. The summed E-state index contributed by atoms with van der Waals surface area (Å²) < 4.78 is 0. The molecule has 0 heterocycles. The Bertz CT molecular complexity index is 436. The highest BCUT2D eigenvalue weighted by Crippen LogP contribution is 2.25. The van der Waals surface area contributed by atoms with Gasteiger partial charge < -0.3 is 11.1 Å². The van der Waals surface area contributed by atoms with Crippen molar-refractivity contribution in [1.29, 1.82) is 0 Å². The van der Waals surface area contributed by atoms with E-state index in [0.29, 0.717) is 5.02 Å². The van der Waals surface area contributed by atoms with E-state index in [4.69, 9.17) is 17.3 Å². The summed E-state index contributed by atoms with van der Waals surface area (Å²) in [6, 6.07) is 7.74. The molecule has 1 saturated carbocycles. The number of amides is 1. The van der Waals surface area contributed by atoms with Gasteiger partial charge in [-0.3, -0.25) is 4.79 Å². The Hall–Kier alpha value is -1.06. The molecule has 98 valence electrons. The van der Waals surface area contributed by atoms with E-state index in [1.165, 1.54) is 0 Å². The Morgan fingerprint density at radius 2 is 2.28 bits per heavy atom. The number of benzene rings is 1. The van der Waals surface area contributed by atoms with E-state index in [-0.39, 0.29) is 23.9 Å². The smallest absolute Gasteiger partial charge is 0.223 e. The summed E-state index contributed by atoms with van der Waals surface area (Å²) in [6.07, 6.45) is 2.65. The summed E-state index contributed by atoms with van der Waals surface area (Å²) in [5, 5.41) is 3.72. The Labute approximate surface area is 113 Å². The fourth-order valence-corrected chi connectivity index (χ4v) is 2.64. The van der Waals surface area contributed by atoms with Crippen LogP contribution in [0.15, 0.2) is 24.3 Å². The van der Waals surface area contributed by atoms with Gasteiger partial charge in [-0.25, -0.2) is 0 Å². The van der Waals surface area contributed by atoms with Crippen LogP contribution in [0.1, 0.15) is 37.8 Å². The lowest BCUT2D eigenvalue weighted by Crippen LogP contribution is -2.32. The minimum Gasteiger partial charge on any atom is -0.349 e. The maximum absolute atomic E-state index is 12.1. The first-order valence-electron chi connectivity index (χ1n) is 6.37. The predicted molar refractivity (Wildman–Crippen MR) is 73.3 cm³/mol. The SMILES string of the molecule is C[C@H](NC(=O)C1CCC(N)C1)c1cccc(Cl)c1. The Balaban J connectivity index is 1.95. The van der Waals surface area contributed by atoms with Crippen LogP contribution in [0, 0.1) is 5.92 Å². The van der Waals surface area contributed by atoms with Crippen molar-refractivity contribution < 1.29 is 4.79 Å². The third-order valence-electron chi connectivity index (χ3n) is 3.55. The van der Waals surface area contributed by atoms with Crippen LogP contribution in [0.2, 0.25) is 5.02 Å². The second-order valence-electron chi connectivity index (χ2n) is 5.06. The molecular weight excluding hydrogens is 248 g/mol. The average Bonchev–Trinajstić information content (AvgIpc) is 2.76. The van der Waals surface area contributed by atoms with E-state index < -0.39 is 0 Å². The number of carbonyl (C=O) groups excluding carboxylic acids is 1. The largest absolute Gasteiger partial charge is 0.349 e. The fourth-order valence-electron chi connectivity index (χ4n) is 2.45. The number of hydrogen-bond donors (Lipinski definition) is 2. The van der Waals surface area contributed by atoms with E-state index in [1.54, 1.807) is 0 Å². The van der Waals surface area contributed by atoms with E-state index in [2.05, 4.69) is 5.32 Å². The molecule has 0 radical (unpaired) electrons. The maximum Gasteiger partial charge on any atom is 0.223 e. The third-order valence-corrected chi connectivity index (χ3v) is 3.79. The van der Waals surface area contributed by atoms with Crippen LogP contribution in [-0.4, -0.2) is 11.9 Å². The van der Waals surface area contributed by atoms with Gasteiger partial charge in [-0.05, 0) is 43.9 Å². The molecule has 0 aromatic heterocycles. The molecule has 1 fully saturated rings. The van der Waals surface area contributed by atoms with Crippen molar-refractivity contribution in [3.8, 4) is 0 Å². The van der Waals surface area contributed by atoms with Crippen molar-refractivity contribution in [3.63, 3.8) is 0 Å². The van der Waals surface area contributed by atoms with Gasteiger partial charge in [-0.2, -0.15) is 0 Å². The molecule has 0 saturated heterocycles. The molecule has 18 heavy (non-hydrogen) atoms. The first-order valence-corrected chi connectivity index (χ1v) is 6.75. The second-order valence-corrected chi connectivity index (χ2v) is 5.49. The van der Waals surface area contributed by atoms with Crippen molar-refractivity contribution in [2.24, 2.45) is 11.7 Å². The zero-order valence-corrected chi connectivity index (χ0v) is 11.3. The average molecular weight is 267 g/mol. The normalized spacial score (nSPS) is 24.8. The van der Waals surface area contributed by atoms with Gasteiger partial charge in [0.1, 0.15) is 0 Å². The molecule has 3 nitrogen and oxygen atoms in total. The Morgan fingerprint density at radius 1 is 1.50 bits per heavy atom. The van der Waals surface area contributed by atoms with Crippen LogP contribution in [-0.2, 0) is 4.79 Å². The van der Waals surface area contributed by atoms with Gasteiger partial charge in [0.25, 0.3) is 0 Å². The van der Waals surface area contributed by atoms with Gasteiger partial charge >= 0.3 is 0 Å². The lowest BCUT2D eigenvalue weighted by Gasteiger charge is -2.17. The second kappa shape index (κ2) is 5.72. The summed E-state index contributed by atoms with van der Waals surface area (Å²) >= 11 is 5.94. The monoisotopic (exact) mass is 266 g/mol. The summed E-state index contributed by atoms with van der Waals surface area (Å²) in [4.78, 5) is 12.1. The van der Waals surface area contributed by atoms with Crippen molar-refractivity contribution >= 4 is 17.5 Å². The standard InChI is InChI=1S/C14H19ClN2O/c1-9(10-3-2-4-12(15)7-10)17-14(18)11-5-6-13(16)8-11/h2-4,7,9,11,13H,5-6,8,16H2,1H3,(H,17,18)/t9-,11?,13?/m0/s1. The molecule has 2 unspecified atom stereocenters. The van der Waals surface area contributed by atoms with Crippen molar-refractivity contribution in [3.05, 3.63) is 34.9 Å². The minimum absolute atomic E-state index is 0.0203. The van der Waals surface area contributed by atoms with Gasteiger partial charge in [-0.1, -0.05) is 23.7 Å². The number of rotatable bonds is 3. The summed E-state index contributed by atoms with van der Waals surface area (Å²) in [5.41, 5.74) is 6.85. The zero-order valence-electron chi connectivity index (χ0n) is 10.5. The predicted octanol–water partition coefficient (Wildman–Crippen LogP) is 2.64. The molecular formula is C14H19ClN2O. The molecule has 1 amide bonds. The van der Waals surface area contributed by atoms with Crippen molar-refractivity contribution in [2.45, 2.75) is 38.3 Å². The Morgan fingerprint density at radius 3 is 2.89 bits per heavy atom. The lowest BCUT2D eigenvalue weighted by molar-refractivity contribution is -0.125. The van der Waals surface area contributed by atoms with Gasteiger partial charge in [0, 0.05) is 17.0 Å². The number of nitrogens with one attached hydrogen (secondary N) is 1. The first-order chi connectivity index (χ1) is 8.56. The van der Waals surface area contributed by atoms with Crippen LogP contribution < -0.4 is 11.1 Å². The zero-order chi connectivity index (χ0) is 13.1. The van der Waals surface area contributed by atoms with E-state index >= 15 is 0 Å². The molecule has 0 bridgehead atoms.